The normalized spacial score (nSPS) is 27.1. The molecule has 0 radical (unpaired) electrons. The van der Waals surface area contributed by atoms with E-state index in [2.05, 4.69) is 0 Å². The molecule has 1 saturated carbocycles. The van der Waals surface area contributed by atoms with Crippen LogP contribution in [0.3, 0.4) is 0 Å². The first-order chi connectivity index (χ1) is 13.2. The van der Waals surface area contributed by atoms with Gasteiger partial charge in [0.25, 0.3) is 11.8 Å². The van der Waals surface area contributed by atoms with Crippen molar-refractivity contribution in [1.82, 2.24) is 9.96 Å². The average Bonchev–Trinajstić information content (AvgIpc) is 3.17. The van der Waals surface area contributed by atoms with E-state index in [1.54, 1.807) is 20.8 Å². The van der Waals surface area contributed by atoms with Crippen molar-refractivity contribution in [3.8, 4) is 0 Å². The summed E-state index contributed by atoms with van der Waals surface area (Å²) in [5.74, 6) is -1.59. The minimum absolute atomic E-state index is 0.0395. The van der Waals surface area contributed by atoms with Gasteiger partial charge in [-0.2, -0.15) is 0 Å². The van der Waals surface area contributed by atoms with E-state index in [4.69, 9.17) is 9.57 Å². The van der Waals surface area contributed by atoms with E-state index in [1.165, 1.54) is 4.90 Å². The van der Waals surface area contributed by atoms with Crippen LogP contribution in [0.2, 0.25) is 0 Å². The summed E-state index contributed by atoms with van der Waals surface area (Å²) in [6.45, 7) is 9.32. The van der Waals surface area contributed by atoms with E-state index in [0.29, 0.717) is 11.5 Å². The first-order valence-electron chi connectivity index (χ1n) is 10.3. The average molecular weight is 396 g/mol. The zero-order chi connectivity index (χ0) is 21.1. The third kappa shape index (κ3) is 4.83. The predicted molar refractivity (Wildman–Crippen MR) is 101 cm³/mol. The highest BCUT2D eigenvalue weighted by Gasteiger charge is 2.50. The third-order valence-corrected chi connectivity index (χ3v) is 5.15. The monoisotopic (exact) mass is 396 g/mol. The van der Waals surface area contributed by atoms with Crippen molar-refractivity contribution in [3.05, 3.63) is 0 Å². The van der Waals surface area contributed by atoms with Crippen LogP contribution in [0.15, 0.2) is 0 Å². The maximum atomic E-state index is 12.7. The van der Waals surface area contributed by atoms with Gasteiger partial charge in [0.15, 0.2) is 0 Å². The Bertz CT molecular complexity index is 611. The van der Waals surface area contributed by atoms with Gasteiger partial charge in [0.05, 0.1) is 0 Å². The molecule has 0 unspecified atom stereocenters. The van der Waals surface area contributed by atoms with Crippen molar-refractivity contribution >= 4 is 23.9 Å². The molecule has 0 N–H and O–H groups in total. The van der Waals surface area contributed by atoms with Gasteiger partial charge in [0.2, 0.25) is 0 Å². The Morgan fingerprint density at radius 3 is 2.14 bits per heavy atom. The molecular weight excluding hydrogens is 364 g/mol. The van der Waals surface area contributed by atoms with Gasteiger partial charge in [-0.3, -0.25) is 14.5 Å². The molecule has 2 aliphatic heterocycles. The smallest absolute Gasteiger partial charge is 0.411 e. The molecule has 3 amide bonds. The number of amides is 3. The minimum Gasteiger partial charge on any atom is -0.444 e. The number of hydroxylamine groups is 2. The molecule has 1 aliphatic carbocycles. The van der Waals surface area contributed by atoms with Gasteiger partial charge in [-0.1, -0.05) is 26.7 Å². The Morgan fingerprint density at radius 1 is 1.00 bits per heavy atom. The van der Waals surface area contributed by atoms with Crippen LogP contribution < -0.4 is 0 Å². The third-order valence-electron chi connectivity index (χ3n) is 5.15. The number of ether oxygens (including phenoxy) is 1. The van der Waals surface area contributed by atoms with E-state index in [9.17, 15) is 19.2 Å². The van der Waals surface area contributed by atoms with Crippen LogP contribution in [0.5, 0.6) is 0 Å². The summed E-state index contributed by atoms with van der Waals surface area (Å²) in [4.78, 5) is 55.4. The van der Waals surface area contributed by atoms with E-state index < -0.39 is 35.5 Å². The van der Waals surface area contributed by atoms with Crippen molar-refractivity contribution in [2.24, 2.45) is 5.92 Å². The molecule has 0 bridgehead atoms. The molecule has 3 aliphatic rings. The maximum Gasteiger partial charge on any atom is 0.411 e. The summed E-state index contributed by atoms with van der Waals surface area (Å²) < 4.78 is 5.50. The van der Waals surface area contributed by atoms with Crippen molar-refractivity contribution < 1.29 is 28.8 Å². The summed E-state index contributed by atoms with van der Waals surface area (Å²) in [6, 6.07) is -0.903. The molecule has 8 heteroatoms. The second kappa shape index (κ2) is 8.92. The highest BCUT2D eigenvalue weighted by molar-refractivity contribution is 6.01. The first kappa shape index (κ1) is 22.2. The molecule has 3 fully saturated rings. The lowest BCUT2D eigenvalue weighted by Crippen LogP contribution is -2.50. The summed E-state index contributed by atoms with van der Waals surface area (Å²) in [7, 11) is 0. The molecule has 0 aromatic carbocycles. The van der Waals surface area contributed by atoms with Gasteiger partial charge in [0, 0.05) is 18.9 Å². The quantitative estimate of drug-likeness (QED) is 0.666. The number of carbonyl (C=O) groups excluding carboxylic acids is 4. The molecule has 3 rings (SSSR count). The fraction of sp³-hybridized carbons (Fsp3) is 0.800. The van der Waals surface area contributed by atoms with Crippen molar-refractivity contribution in [2.45, 2.75) is 97.2 Å². The number of imide groups is 1. The predicted octanol–water partition coefficient (Wildman–Crippen LogP) is 3.19. The molecule has 0 spiro atoms. The van der Waals surface area contributed by atoms with Gasteiger partial charge in [-0.05, 0) is 46.0 Å². The molecule has 2 saturated heterocycles. The van der Waals surface area contributed by atoms with Gasteiger partial charge in [-0.15, -0.1) is 5.06 Å². The minimum atomic E-state index is -0.834. The standard InChI is InChI=1S/C18H26N2O6.C2H6/c1-18(2,3)25-17(24)19-12-7-5-4-6-11(12)10-13(19)16(23)26-20-14(21)8-9-15(20)22;1-2/h11-13H,4-10H2,1-3H3;1-2H3/t11-,12-,13-;/m0./s1. The van der Waals surface area contributed by atoms with Crippen LogP contribution in [0.1, 0.15) is 79.6 Å². The zero-order valence-electron chi connectivity index (χ0n) is 17.5. The van der Waals surface area contributed by atoms with Crippen molar-refractivity contribution in [2.75, 3.05) is 0 Å². The van der Waals surface area contributed by atoms with Crippen molar-refractivity contribution in [1.29, 1.82) is 0 Å². The Hall–Kier alpha value is -2.12. The molecular formula is C20H32N2O6. The van der Waals surface area contributed by atoms with Crippen LogP contribution in [0, 0.1) is 5.92 Å². The molecule has 3 atom stereocenters. The van der Waals surface area contributed by atoms with Crippen molar-refractivity contribution in [3.63, 3.8) is 0 Å². The Balaban J connectivity index is 0.00000136. The fourth-order valence-corrected chi connectivity index (χ4v) is 4.06. The number of nitrogens with zero attached hydrogens (tertiary/aromatic N) is 2. The van der Waals surface area contributed by atoms with Gasteiger partial charge >= 0.3 is 12.1 Å². The summed E-state index contributed by atoms with van der Waals surface area (Å²) >= 11 is 0. The van der Waals surface area contributed by atoms with Crippen LogP contribution in [0.25, 0.3) is 0 Å². The highest BCUT2D eigenvalue weighted by atomic mass is 16.7. The number of fused-ring (bicyclic) bond motifs is 1. The fourth-order valence-electron chi connectivity index (χ4n) is 4.06. The van der Waals surface area contributed by atoms with E-state index in [1.807, 2.05) is 13.8 Å². The number of rotatable bonds is 2. The largest absolute Gasteiger partial charge is 0.444 e. The van der Waals surface area contributed by atoms with E-state index in [0.717, 1.165) is 25.7 Å². The lowest BCUT2D eigenvalue weighted by atomic mass is 9.85. The van der Waals surface area contributed by atoms with Gasteiger partial charge in [-0.25, -0.2) is 9.59 Å². The molecule has 0 aromatic rings. The molecule has 28 heavy (non-hydrogen) atoms. The van der Waals surface area contributed by atoms with E-state index >= 15 is 0 Å². The lowest BCUT2D eigenvalue weighted by Gasteiger charge is -2.34. The summed E-state index contributed by atoms with van der Waals surface area (Å²) in [5.41, 5.74) is -0.681. The van der Waals surface area contributed by atoms with Gasteiger partial charge in [0.1, 0.15) is 11.6 Å². The summed E-state index contributed by atoms with van der Waals surface area (Å²) in [5, 5.41) is 0.539. The first-order valence-corrected chi connectivity index (χ1v) is 10.3. The molecule has 0 aromatic heterocycles. The number of carbonyl (C=O) groups is 4. The molecule has 2 heterocycles. The van der Waals surface area contributed by atoms with Crippen LogP contribution >= 0.6 is 0 Å². The number of hydrogen-bond donors (Lipinski definition) is 0. The molecule has 8 nitrogen and oxygen atoms in total. The highest BCUT2D eigenvalue weighted by Crippen LogP contribution is 2.41. The maximum absolute atomic E-state index is 12.7. The lowest BCUT2D eigenvalue weighted by molar-refractivity contribution is -0.200. The number of likely N-dealkylation sites (tertiary alicyclic amines) is 1. The van der Waals surface area contributed by atoms with Crippen LogP contribution in [-0.4, -0.2) is 51.5 Å². The van der Waals surface area contributed by atoms with Gasteiger partial charge < -0.3 is 9.57 Å². The van der Waals surface area contributed by atoms with Crippen LogP contribution in [-0.2, 0) is 24.0 Å². The number of hydrogen-bond acceptors (Lipinski definition) is 6. The van der Waals surface area contributed by atoms with E-state index in [-0.39, 0.29) is 24.8 Å². The second-order valence-electron chi connectivity index (χ2n) is 8.24. The Kier molecular flexibility index (Phi) is 7.06. The second-order valence-corrected chi connectivity index (χ2v) is 8.24. The molecule has 158 valence electrons. The Labute approximate surface area is 166 Å². The van der Waals surface area contributed by atoms with Crippen LogP contribution in [0.4, 0.5) is 4.79 Å². The summed E-state index contributed by atoms with van der Waals surface area (Å²) in [6.07, 6.45) is 3.81. The Morgan fingerprint density at radius 2 is 1.57 bits per heavy atom. The zero-order valence-corrected chi connectivity index (χ0v) is 17.5. The SMILES string of the molecule is CC.CC(C)(C)OC(=O)N1[C@H](C(=O)ON2C(=O)CCC2=O)C[C@@H]2CCCC[C@@H]21. The topological polar surface area (TPSA) is 93.2 Å².